The zero-order chi connectivity index (χ0) is 13.5. The molecule has 0 unspecified atom stereocenters. The fourth-order valence-electron chi connectivity index (χ4n) is 1.79. The van der Waals surface area contributed by atoms with Gasteiger partial charge in [0.25, 0.3) is 0 Å². The van der Waals surface area contributed by atoms with Crippen LogP contribution in [0.4, 0.5) is 0 Å². The number of aromatic nitrogens is 1. The van der Waals surface area contributed by atoms with Crippen molar-refractivity contribution in [2.75, 3.05) is 0 Å². The number of hydrogen-bond donors (Lipinski definition) is 2. The summed E-state index contributed by atoms with van der Waals surface area (Å²) in [7, 11) is -1.40. The van der Waals surface area contributed by atoms with Crippen LogP contribution >= 0.6 is 0 Å². The van der Waals surface area contributed by atoms with Crippen molar-refractivity contribution in [1.29, 1.82) is 0 Å². The van der Waals surface area contributed by atoms with Gasteiger partial charge >= 0.3 is 7.12 Å². The highest BCUT2D eigenvalue weighted by Gasteiger charge is 2.13. The van der Waals surface area contributed by atoms with E-state index in [4.69, 9.17) is 10.0 Å². The number of nitrogens with zero attached hydrogens (tertiary/aromatic N) is 1. The van der Waals surface area contributed by atoms with Gasteiger partial charge in [0.1, 0.15) is 0 Å². The minimum Gasteiger partial charge on any atom is -0.423 e. The summed E-state index contributed by atoms with van der Waals surface area (Å²) in [6.45, 7) is 0. The molecular formula is C15H14BNO2. The fourth-order valence-corrected chi connectivity index (χ4v) is 1.79. The van der Waals surface area contributed by atoms with Crippen molar-refractivity contribution >= 4 is 23.4 Å². The minimum atomic E-state index is -1.40. The van der Waals surface area contributed by atoms with Crippen LogP contribution in [0, 0.1) is 0 Å². The van der Waals surface area contributed by atoms with E-state index in [1.807, 2.05) is 54.6 Å². The predicted molar refractivity (Wildman–Crippen MR) is 78.0 cm³/mol. The topological polar surface area (TPSA) is 53.4 Å². The number of benzene rings is 2. The molecule has 0 spiro atoms. The lowest BCUT2D eigenvalue weighted by Crippen LogP contribution is -2.30. The maximum absolute atomic E-state index is 9.08. The number of pyridine rings is 1. The highest BCUT2D eigenvalue weighted by Crippen LogP contribution is 2.10. The molecule has 3 aromatic rings. The second-order valence-electron chi connectivity index (χ2n) is 3.97. The quantitative estimate of drug-likeness (QED) is 0.646. The van der Waals surface area contributed by atoms with Crippen LogP contribution in [0.5, 0.6) is 0 Å². The van der Waals surface area contributed by atoms with Crippen molar-refractivity contribution in [3.8, 4) is 0 Å². The lowest BCUT2D eigenvalue weighted by atomic mass is 9.77. The molecule has 0 saturated carbocycles. The SMILES string of the molecule is OB(O)c1cccc2ccccc12.c1ccncc1. The molecule has 0 aliphatic rings. The first kappa shape index (κ1) is 13.3. The molecule has 0 fully saturated rings. The predicted octanol–water partition coefficient (Wildman–Crippen LogP) is 1.60. The van der Waals surface area contributed by atoms with Gasteiger partial charge in [0.05, 0.1) is 0 Å². The van der Waals surface area contributed by atoms with Gasteiger partial charge in [0.2, 0.25) is 0 Å². The first-order chi connectivity index (χ1) is 9.29. The number of hydrogen-bond acceptors (Lipinski definition) is 3. The molecule has 3 rings (SSSR count). The number of rotatable bonds is 1. The van der Waals surface area contributed by atoms with Crippen LogP contribution in [0.1, 0.15) is 0 Å². The van der Waals surface area contributed by atoms with Crippen molar-refractivity contribution in [1.82, 2.24) is 4.98 Å². The normalized spacial score (nSPS) is 9.58. The van der Waals surface area contributed by atoms with Crippen LogP contribution in [-0.4, -0.2) is 22.2 Å². The summed E-state index contributed by atoms with van der Waals surface area (Å²) in [5.74, 6) is 0. The lowest BCUT2D eigenvalue weighted by molar-refractivity contribution is 0.426. The third-order valence-electron chi connectivity index (χ3n) is 2.67. The van der Waals surface area contributed by atoms with Crippen molar-refractivity contribution in [2.24, 2.45) is 0 Å². The standard InChI is InChI=1S/C10H9BO2.C5H5N/c12-11(13)10-7-3-5-8-4-1-2-6-9(8)10;1-2-4-6-5-3-1/h1-7,12-13H;1-5H. The average molecular weight is 251 g/mol. The Bertz CT molecular complexity index is 597. The molecule has 3 nitrogen and oxygen atoms in total. The van der Waals surface area contributed by atoms with E-state index in [1.54, 1.807) is 18.5 Å². The maximum Gasteiger partial charge on any atom is 0.489 e. The van der Waals surface area contributed by atoms with E-state index >= 15 is 0 Å². The fraction of sp³-hybridized carbons (Fsp3) is 0. The monoisotopic (exact) mass is 251 g/mol. The Hall–Kier alpha value is -2.17. The minimum absolute atomic E-state index is 0.554. The van der Waals surface area contributed by atoms with Gasteiger partial charge in [-0.05, 0) is 28.4 Å². The molecule has 2 aromatic carbocycles. The Kier molecular flexibility index (Phi) is 4.67. The Morgan fingerprint density at radius 1 is 0.737 bits per heavy atom. The maximum atomic E-state index is 9.08. The largest absolute Gasteiger partial charge is 0.489 e. The Morgan fingerprint density at radius 3 is 2.00 bits per heavy atom. The molecule has 1 heterocycles. The Morgan fingerprint density at radius 2 is 1.42 bits per heavy atom. The molecule has 0 saturated heterocycles. The summed E-state index contributed by atoms with van der Waals surface area (Å²) < 4.78 is 0. The van der Waals surface area contributed by atoms with Gasteiger partial charge < -0.3 is 10.0 Å². The van der Waals surface area contributed by atoms with Gasteiger partial charge in [-0.25, -0.2) is 0 Å². The summed E-state index contributed by atoms with van der Waals surface area (Å²) in [5.41, 5.74) is 0.554. The van der Waals surface area contributed by atoms with Crippen molar-refractivity contribution in [3.63, 3.8) is 0 Å². The molecule has 0 amide bonds. The van der Waals surface area contributed by atoms with Crippen LogP contribution in [-0.2, 0) is 0 Å². The van der Waals surface area contributed by atoms with Crippen molar-refractivity contribution in [2.45, 2.75) is 0 Å². The van der Waals surface area contributed by atoms with Gasteiger partial charge in [-0.1, -0.05) is 48.5 Å². The molecule has 0 aliphatic heterocycles. The zero-order valence-electron chi connectivity index (χ0n) is 10.3. The zero-order valence-corrected chi connectivity index (χ0v) is 10.3. The summed E-state index contributed by atoms with van der Waals surface area (Å²) in [5, 5.41) is 20.1. The second kappa shape index (κ2) is 6.68. The Labute approximate surface area is 112 Å². The third-order valence-corrected chi connectivity index (χ3v) is 2.67. The van der Waals surface area contributed by atoms with Crippen LogP contribution < -0.4 is 5.46 Å². The summed E-state index contributed by atoms with van der Waals surface area (Å²) in [4.78, 5) is 3.78. The van der Waals surface area contributed by atoms with Crippen LogP contribution in [0.15, 0.2) is 73.1 Å². The van der Waals surface area contributed by atoms with E-state index in [0.29, 0.717) is 5.46 Å². The van der Waals surface area contributed by atoms with Crippen molar-refractivity contribution in [3.05, 3.63) is 73.1 Å². The van der Waals surface area contributed by atoms with E-state index < -0.39 is 7.12 Å². The van der Waals surface area contributed by atoms with Gasteiger partial charge in [-0.3, -0.25) is 4.98 Å². The molecule has 4 heteroatoms. The summed E-state index contributed by atoms with van der Waals surface area (Å²) >= 11 is 0. The smallest absolute Gasteiger partial charge is 0.423 e. The lowest BCUT2D eigenvalue weighted by Gasteiger charge is -2.03. The molecule has 0 aliphatic carbocycles. The van der Waals surface area contributed by atoms with E-state index in [1.165, 1.54) is 0 Å². The second-order valence-corrected chi connectivity index (χ2v) is 3.97. The van der Waals surface area contributed by atoms with Crippen molar-refractivity contribution < 1.29 is 10.0 Å². The number of fused-ring (bicyclic) bond motifs is 1. The Balaban J connectivity index is 0.000000186. The van der Waals surface area contributed by atoms with E-state index in [0.717, 1.165) is 10.8 Å². The highest BCUT2D eigenvalue weighted by atomic mass is 16.4. The van der Waals surface area contributed by atoms with Gasteiger partial charge in [-0.2, -0.15) is 0 Å². The van der Waals surface area contributed by atoms with Crippen LogP contribution in [0.3, 0.4) is 0 Å². The molecule has 0 bridgehead atoms. The van der Waals surface area contributed by atoms with Gasteiger partial charge in [0.15, 0.2) is 0 Å². The average Bonchev–Trinajstić information content (AvgIpc) is 2.49. The van der Waals surface area contributed by atoms with E-state index in [-0.39, 0.29) is 0 Å². The molecule has 0 atom stereocenters. The molecule has 19 heavy (non-hydrogen) atoms. The molecule has 1 aromatic heterocycles. The summed E-state index contributed by atoms with van der Waals surface area (Å²) in [6.07, 6.45) is 3.50. The first-order valence-electron chi connectivity index (χ1n) is 5.98. The highest BCUT2D eigenvalue weighted by molar-refractivity contribution is 6.61. The molecular weight excluding hydrogens is 237 g/mol. The summed E-state index contributed by atoms with van der Waals surface area (Å²) in [6, 6.07) is 18.8. The van der Waals surface area contributed by atoms with Crippen LogP contribution in [0.2, 0.25) is 0 Å². The molecule has 94 valence electrons. The third kappa shape index (κ3) is 3.65. The van der Waals surface area contributed by atoms with Gasteiger partial charge in [-0.15, -0.1) is 0 Å². The van der Waals surface area contributed by atoms with Crippen LogP contribution in [0.25, 0.3) is 10.8 Å². The molecule has 2 N–H and O–H groups in total. The van der Waals surface area contributed by atoms with Gasteiger partial charge in [0, 0.05) is 12.4 Å². The molecule has 0 radical (unpaired) electrons. The first-order valence-corrected chi connectivity index (χ1v) is 5.98. The van der Waals surface area contributed by atoms with E-state index in [9.17, 15) is 0 Å². The van der Waals surface area contributed by atoms with E-state index in [2.05, 4.69) is 4.98 Å².